The van der Waals surface area contributed by atoms with Gasteiger partial charge in [-0.15, -0.1) is 0 Å². The average molecular weight is 295 g/mol. The molecule has 0 unspecified atom stereocenters. The number of nitrogen functional groups attached to an aromatic ring is 1. The summed E-state index contributed by atoms with van der Waals surface area (Å²) < 4.78 is 29.9. The molecule has 88 valence electrons. The number of anilines is 1. The third-order valence-corrected chi connectivity index (χ3v) is 2.61. The molecule has 1 rings (SSSR count). The molecular formula is C9H9BrF2N2O2. The van der Waals surface area contributed by atoms with Gasteiger partial charge in [0.1, 0.15) is 4.60 Å². The highest BCUT2D eigenvalue weighted by atomic mass is 79.9. The van der Waals surface area contributed by atoms with Crippen molar-refractivity contribution < 1.29 is 18.3 Å². The van der Waals surface area contributed by atoms with Crippen LogP contribution in [-0.4, -0.2) is 18.1 Å². The maximum atomic E-state index is 12.7. The zero-order valence-corrected chi connectivity index (χ0v) is 9.92. The molecule has 4 nitrogen and oxygen atoms in total. The van der Waals surface area contributed by atoms with E-state index < -0.39 is 12.4 Å². The van der Waals surface area contributed by atoms with Crippen LogP contribution in [0.5, 0.6) is 0 Å². The lowest BCUT2D eigenvalue weighted by Gasteiger charge is -2.11. The van der Waals surface area contributed by atoms with Gasteiger partial charge in [0.15, 0.2) is 0 Å². The summed E-state index contributed by atoms with van der Waals surface area (Å²) in [7, 11) is 1.18. The normalized spacial score (nSPS) is 10.6. The van der Waals surface area contributed by atoms with Crippen LogP contribution in [0, 0.1) is 0 Å². The molecular weight excluding hydrogens is 286 g/mol. The minimum absolute atomic E-state index is 0.0180. The first kappa shape index (κ1) is 12.8. The number of carbonyl (C=O) groups excluding carboxylic acids is 1. The fraction of sp³-hybridized carbons (Fsp3) is 0.333. The number of halogens is 3. The van der Waals surface area contributed by atoms with Gasteiger partial charge in [-0.2, -0.15) is 0 Å². The first-order valence-corrected chi connectivity index (χ1v) is 5.04. The van der Waals surface area contributed by atoms with Crippen LogP contribution in [0.3, 0.4) is 0 Å². The van der Waals surface area contributed by atoms with Crippen molar-refractivity contribution in [2.24, 2.45) is 0 Å². The molecule has 0 fully saturated rings. The molecule has 0 radical (unpaired) electrons. The number of hydrogen-bond acceptors (Lipinski definition) is 4. The molecule has 0 aliphatic carbocycles. The van der Waals surface area contributed by atoms with Crippen LogP contribution >= 0.6 is 15.9 Å². The number of methoxy groups -OCH3 is 1. The van der Waals surface area contributed by atoms with Crippen molar-refractivity contribution in [3.63, 3.8) is 0 Å². The fourth-order valence-electron chi connectivity index (χ4n) is 1.19. The van der Waals surface area contributed by atoms with Gasteiger partial charge in [-0.05, 0) is 21.5 Å². The number of alkyl halides is 2. The van der Waals surface area contributed by atoms with Crippen LogP contribution in [0.25, 0.3) is 0 Å². The highest BCUT2D eigenvalue weighted by molar-refractivity contribution is 9.10. The van der Waals surface area contributed by atoms with Crippen LogP contribution in [0.1, 0.15) is 17.6 Å². The van der Waals surface area contributed by atoms with E-state index in [-0.39, 0.29) is 27.8 Å². The number of nitrogens with zero attached hydrogens (tertiary/aromatic N) is 1. The summed E-state index contributed by atoms with van der Waals surface area (Å²) in [6, 6.07) is 0. The van der Waals surface area contributed by atoms with Gasteiger partial charge in [-0.1, -0.05) is 0 Å². The smallest absolute Gasteiger partial charge is 0.310 e. The highest BCUT2D eigenvalue weighted by Gasteiger charge is 2.22. The second-order valence-electron chi connectivity index (χ2n) is 2.95. The lowest BCUT2D eigenvalue weighted by atomic mass is 10.1. The van der Waals surface area contributed by atoms with Gasteiger partial charge in [0, 0.05) is 0 Å². The SMILES string of the molecule is COC(=O)Cc1c(N)cnc(Br)c1C(F)F. The summed E-state index contributed by atoms with van der Waals surface area (Å²) in [5, 5.41) is 0. The Hall–Kier alpha value is -1.24. The van der Waals surface area contributed by atoms with Crippen LogP contribution in [-0.2, 0) is 16.0 Å². The molecule has 0 spiro atoms. The maximum Gasteiger partial charge on any atom is 0.310 e. The Morgan fingerprint density at radius 3 is 2.81 bits per heavy atom. The van der Waals surface area contributed by atoms with Crippen molar-refractivity contribution >= 4 is 27.6 Å². The predicted molar refractivity (Wildman–Crippen MR) is 57.0 cm³/mol. The molecule has 0 bridgehead atoms. The van der Waals surface area contributed by atoms with Crippen molar-refractivity contribution in [3.05, 3.63) is 21.9 Å². The second-order valence-corrected chi connectivity index (χ2v) is 3.70. The summed E-state index contributed by atoms with van der Waals surface area (Å²) in [6.07, 6.45) is -1.85. The molecule has 0 saturated carbocycles. The number of rotatable bonds is 3. The first-order valence-electron chi connectivity index (χ1n) is 4.25. The fourth-order valence-corrected chi connectivity index (χ4v) is 1.70. The van der Waals surface area contributed by atoms with Crippen molar-refractivity contribution in [2.75, 3.05) is 12.8 Å². The second kappa shape index (κ2) is 5.20. The van der Waals surface area contributed by atoms with Crippen LogP contribution in [0.2, 0.25) is 0 Å². The monoisotopic (exact) mass is 294 g/mol. The number of ether oxygens (including phenoxy) is 1. The number of nitrogens with two attached hydrogens (primary N) is 1. The topological polar surface area (TPSA) is 65.2 Å². The van der Waals surface area contributed by atoms with E-state index in [1.165, 1.54) is 13.3 Å². The van der Waals surface area contributed by atoms with Gasteiger partial charge in [0.25, 0.3) is 6.43 Å². The molecule has 1 heterocycles. The number of pyridine rings is 1. The van der Waals surface area contributed by atoms with E-state index >= 15 is 0 Å². The van der Waals surface area contributed by atoms with Crippen LogP contribution in [0.4, 0.5) is 14.5 Å². The molecule has 0 amide bonds. The largest absolute Gasteiger partial charge is 0.469 e. The van der Waals surface area contributed by atoms with E-state index in [2.05, 4.69) is 25.7 Å². The third-order valence-electron chi connectivity index (χ3n) is 1.98. The molecule has 0 aliphatic heterocycles. The van der Waals surface area contributed by atoms with Gasteiger partial charge in [-0.3, -0.25) is 4.79 Å². The summed E-state index contributed by atoms with van der Waals surface area (Å²) in [4.78, 5) is 14.7. The highest BCUT2D eigenvalue weighted by Crippen LogP contribution is 2.32. The number of hydrogen-bond donors (Lipinski definition) is 1. The van der Waals surface area contributed by atoms with E-state index in [0.29, 0.717) is 0 Å². The van der Waals surface area contributed by atoms with Crippen molar-refractivity contribution in [1.82, 2.24) is 4.98 Å². The van der Waals surface area contributed by atoms with Crippen molar-refractivity contribution in [3.8, 4) is 0 Å². The Balaban J connectivity index is 3.23. The summed E-state index contributed by atoms with van der Waals surface area (Å²) in [5.41, 5.74) is 5.23. The predicted octanol–water partition coefficient (Wildman–Crippen LogP) is 2.08. The number of esters is 1. The van der Waals surface area contributed by atoms with Gasteiger partial charge in [0.05, 0.1) is 31.0 Å². The lowest BCUT2D eigenvalue weighted by Crippen LogP contribution is -2.11. The Morgan fingerprint density at radius 2 is 2.31 bits per heavy atom. The van der Waals surface area contributed by atoms with E-state index in [1.54, 1.807) is 0 Å². The Bertz CT molecular complexity index is 413. The maximum absolute atomic E-state index is 12.7. The number of aromatic nitrogens is 1. The summed E-state index contributed by atoms with van der Waals surface area (Å²) in [5.74, 6) is -0.633. The van der Waals surface area contributed by atoms with Crippen LogP contribution < -0.4 is 5.73 Å². The minimum atomic E-state index is -2.76. The Kier molecular flexibility index (Phi) is 4.17. The molecule has 0 saturated heterocycles. The van der Waals surface area contributed by atoms with Gasteiger partial charge < -0.3 is 10.5 Å². The molecule has 0 aromatic carbocycles. The summed E-state index contributed by atoms with van der Waals surface area (Å²) >= 11 is 2.89. The summed E-state index contributed by atoms with van der Waals surface area (Å²) in [6.45, 7) is 0. The number of carbonyl (C=O) groups is 1. The zero-order chi connectivity index (χ0) is 12.3. The molecule has 16 heavy (non-hydrogen) atoms. The van der Waals surface area contributed by atoms with E-state index in [9.17, 15) is 13.6 Å². The average Bonchev–Trinajstić information content (AvgIpc) is 2.22. The quantitative estimate of drug-likeness (QED) is 0.685. The van der Waals surface area contributed by atoms with Gasteiger partial charge >= 0.3 is 5.97 Å². The lowest BCUT2D eigenvalue weighted by molar-refractivity contribution is -0.139. The third kappa shape index (κ3) is 2.66. The Morgan fingerprint density at radius 1 is 1.69 bits per heavy atom. The Labute approximate surface area is 98.9 Å². The van der Waals surface area contributed by atoms with E-state index in [0.717, 1.165) is 0 Å². The standard InChI is InChI=1S/C9H9BrF2N2O2/c1-16-6(15)2-4-5(13)3-14-8(10)7(4)9(11)12/h3,9H,2,13H2,1H3. The van der Waals surface area contributed by atoms with Gasteiger partial charge in [0.2, 0.25) is 0 Å². The molecule has 1 aromatic rings. The first-order chi connectivity index (χ1) is 7.47. The van der Waals surface area contributed by atoms with E-state index in [1.807, 2.05) is 0 Å². The van der Waals surface area contributed by atoms with E-state index in [4.69, 9.17) is 5.73 Å². The van der Waals surface area contributed by atoms with Crippen molar-refractivity contribution in [1.29, 1.82) is 0 Å². The molecule has 0 aliphatic rings. The molecule has 0 atom stereocenters. The van der Waals surface area contributed by atoms with Crippen LogP contribution in [0.15, 0.2) is 10.8 Å². The van der Waals surface area contributed by atoms with Crippen molar-refractivity contribution in [2.45, 2.75) is 12.8 Å². The molecule has 7 heteroatoms. The minimum Gasteiger partial charge on any atom is -0.469 e. The van der Waals surface area contributed by atoms with Gasteiger partial charge in [-0.25, -0.2) is 13.8 Å². The zero-order valence-electron chi connectivity index (χ0n) is 8.34. The molecule has 2 N–H and O–H groups in total. The molecule has 1 aromatic heterocycles.